The zero-order chi connectivity index (χ0) is 8.69. The van der Waals surface area contributed by atoms with Crippen LogP contribution in [0.1, 0.15) is 33.1 Å². The highest BCUT2D eigenvalue weighted by Crippen LogP contribution is 2.07. The van der Waals surface area contributed by atoms with Crippen molar-refractivity contribution in [1.82, 2.24) is 0 Å². The van der Waals surface area contributed by atoms with E-state index in [0.29, 0.717) is 18.6 Å². The average Bonchev–Trinajstić information content (AvgIpc) is 2.01. The van der Waals surface area contributed by atoms with Gasteiger partial charge in [0.25, 0.3) is 0 Å². The first-order valence-electron chi connectivity index (χ1n) is 3.88. The van der Waals surface area contributed by atoms with Gasteiger partial charge in [0.05, 0.1) is 5.75 Å². The highest BCUT2D eigenvalue weighted by Gasteiger charge is 2.04. The zero-order valence-corrected chi connectivity index (χ0v) is 7.87. The topological polar surface area (TPSA) is 34.1 Å². The molecule has 0 spiro atoms. The van der Waals surface area contributed by atoms with Crippen molar-refractivity contribution in [2.24, 2.45) is 0 Å². The van der Waals surface area contributed by atoms with Crippen LogP contribution >= 0.6 is 11.8 Å². The number of carbonyl (C=O) groups is 2. The molecule has 2 nitrogen and oxygen atoms in total. The largest absolute Gasteiger partial charge is 0.299 e. The summed E-state index contributed by atoms with van der Waals surface area (Å²) in [6.45, 7) is 3.77. The van der Waals surface area contributed by atoms with Gasteiger partial charge in [-0.25, -0.2) is 0 Å². The Morgan fingerprint density at radius 1 is 1.27 bits per heavy atom. The van der Waals surface area contributed by atoms with Crippen molar-refractivity contribution in [3.63, 3.8) is 0 Å². The van der Waals surface area contributed by atoms with Gasteiger partial charge in [-0.2, -0.15) is 0 Å². The molecule has 64 valence electrons. The third-order valence-electron chi connectivity index (χ3n) is 1.24. The first-order chi connectivity index (χ1) is 5.20. The van der Waals surface area contributed by atoms with Crippen LogP contribution in [0.3, 0.4) is 0 Å². The molecular formula is C8H14O2S. The maximum atomic E-state index is 10.9. The van der Waals surface area contributed by atoms with Gasteiger partial charge in [0.15, 0.2) is 5.12 Å². The molecule has 0 bridgehead atoms. The Labute approximate surface area is 71.7 Å². The number of Topliss-reactive ketones (excluding diaryl/α,β-unsaturated/α-hetero) is 1. The molecule has 0 aromatic rings. The number of hydrogen-bond donors (Lipinski definition) is 0. The third kappa shape index (κ3) is 6.10. The quantitative estimate of drug-likeness (QED) is 0.639. The van der Waals surface area contributed by atoms with E-state index < -0.39 is 0 Å². The van der Waals surface area contributed by atoms with Gasteiger partial charge in [0, 0.05) is 12.8 Å². The molecule has 0 fully saturated rings. The predicted molar refractivity (Wildman–Crippen MR) is 47.7 cm³/mol. The van der Waals surface area contributed by atoms with E-state index in [1.54, 1.807) is 0 Å². The van der Waals surface area contributed by atoms with Gasteiger partial charge in [-0.05, 0) is 6.42 Å². The molecule has 0 aromatic heterocycles. The summed E-state index contributed by atoms with van der Waals surface area (Å²) in [5.74, 6) is 0.509. The maximum absolute atomic E-state index is 10.9. The van der Waals surface area contributed by atoms with Crippen LogP contribution in [0.15, 0.2) is 0 Å². The van der Waals surface area contributed by atoms with Gasteiger partial charge in [-0.1, -0.05) is 25.6 Å². The highest BCUT2D eigenvalue weighted by molar-refractivity contribution is 8.14. The lowest BCUT2D eigenvalue weighted by Crippen LogP contribution is -2.02. The standard InChI is InChI=1S/C8H14O2S/c1-3-5-8(10)11-6-7(9)4-2/h3-6H2,1-2H3. The van der Waals surface area contributed by atoms with Gasteiger partial charge < -0.3 is 0 Å². The fourth-order valence-electron chi connectivity index (χ4n) is 0.539. The molecule has 0 atom stereocenters. The van der Waals surface area contributed by atoms with Gasteiger partial charge in [0.2, 0.25) is 0 Å². The van der Waals surface area contributed by atoms with E-state index in [-0.39, 0.29) is 10.9 Å². The van der Waals surface area contributed by atoms with E-state index in [1.807, 2.05) is 13.8 Å². The summed E-state index contributed by atoms with van der Waals surface area (Å²) < 4.78 is 0. The van der Waals surface area contributed by atoms with Gasteiger partial charge >= 0.3 is 0 Å². The van der Waals surface area contributed by atoms with Gasteiger partial charge in [-0.15, -0.1) is 0 Å². The van der Waals surface area contributed by atoms with Crippen LogP contribution in [-0.2, 0) is 9.59 Å². The van der Waals surface area contributed by atoms with Gasteiger partial charge in [-0.3, -0.25) is 9.59 Å². The molecule has 0 saturated carbocycles. The molecule has 3 heteroatoms. The Kier molecular flexibility index (Phi) is 6.22. The molecule has 11 heavy (non-hydrogen) atoms. The molecule has 0 amide bonds. The molecule has 0 N–H and O–H groups in total. The Balaban J connectivity index is 3.38. The van der Waals surface area contributed by atoms with Crippen LogP contribution in [0.25, 0.3) is 0 Å². The monoisotopic (exact) mass is 174 g/mol. The Hall–Kier alpha value is -0.310. The smallest absolute Gasteiger partial charge is 0.189 e. The van der Waals surface area contributed by atoms with Crippen molar-refractivity contribution in [2.45, 2.75) is 33.1 Å². The van der Waals surface area contributed by atoms with Crippen molar-refractivity contribution in [2.75, 3.05) is 5.75 Å². The lowest BCUT2D eigenvalue weighted by molar-refractivity contribution is -0.116. The molecule has 0 aliphatic rings. The number of ketones is 1. The van der Waals surface area contributed by atoms with E-state index >= 15 is 0 Å². The molecule has 0 rings (SSSR count). The number of hydrogen-bond acceptors (Lipinski definition) is 3. The first-order valence-corrected chi connectivity index (χ1v) is 4.86. The minimum absolute atomic E-state index is 0.134. The second kappa shape index (κ2) is 6.40. The lowest BCUT2D eigenvalue weighted by Gasteiger charge is -1.95. The second-order valence-electron chi connectivity index (χ2n) is 2.30. The van der Waals surface area contributed by atoms with E-state index in [1.165, 1.54) is 0 Å². The van der Waals surface area contributed by atoms with Crippen LogP contribution in [0.4, 0.5) is 0 Å². The second-order valence-corrected chi connectivity index (χ2v) is 3.34. The van der Waals surface area contributed by atoms with E-state index in [0.717, 1.165) is 18.2 Å². The Morgan fingerprint density at radius 2 is 1.91 bits per heavy atom. The predicted octanol–water partition coefficient (Wildman–Crippen LogP) is 2.03. The molecule has 0 aliphatic carbocycles. The van der Waals surface area contributed by atoms with E-state index in [9.17, 15) is 9.59 Å². The molecule has 0 saturated heterocycles. The van der Waals surface area contributed by atoms with Gasteiger partial charge in [0.1, 0.15) is 5.78 Å². The number of thioether (sulfide) groups is 1. The molecule has 0 aromatic carbocycles. The summed E-state index contributed by atoms with van der Waals surface area (Å²) in [4.78, 5) is 21.6. The van der Waals surface area contributed by atoms with Crippen molar-refractivity contribution in [1.29, 1.82) is 0 Å². The number of rotatable bonds is 5. The van der Waals surface area contributed by atoms with E-state index in [2.05, 4.69) is 0 Å². The van der Waals surface area contributed by atoms with Crippen LogP contribution in [0, 0.1) is 0 Å². The summed E-state index contributed by atoms with van der Waals surface area (Å²) in [5, 5.41) is 0.134. The minimum Gasteiger partial charge on any atom is -0.299 e. The maximum Gasteiger partial charge on any atom is 0.189 e. The fourth-order valence-corrected chi connectivity index (χ4v) is 1.41. The molecule has 0 heterocycles. The SMILES string of the molecule is CCCC(=O)SCC(=O)CC. The molecule has 0 aliphatic heterocycles. The summed E-state index contributed by atoms with van der Waals surface area (Å²) >= 11 is 1.15. The van der Waals surface area contributed by atoms with Crippen LogP contribution < -0.4 is 0 Å². The Morgan fingerprint density at radius 3 is 2.36 bits per heavy atom. The minimum atomic E-state index is 0.134. The summed E-state index contributed by atoms with van der Waals surface area (Å²) in [5.41, 5.74) is 0. The summed E-state index contributed by atoms with van der Waals surface area (Å²) in [7, 11) is 0. The molecular weight excluding hydrogens is 160 g/mol. The van der Waals surface area contributed by atoms with Crippen molar-refractivity contribution in [3.8, 4) is 0 Å². The molecule has 0 radical (unpaired) electrons. The summed E-state index contributed by atoms with van der Waals surface area (Å²) in [6, 6.07) is 0. The van der Waals surface area contributed by atoms with Crippen molar-refractivity contribution >= 4 is 22.7 Å². The van der Waals surface area contributed by atoms with Crippen molar-refractivity contribution in [3.05, 3.63) is 0 Å². The lowest BCUT2D eigenvalue weighted by atomic mass is 10.4. The highest BCUT2D eigenvalue weighted by atomic mass is 32.2. The van der Waals surface area contributed by atoms with E-state index in [4.69, 9.17) is 0 Å². The Bertz CT molecular complexity index is 143. The van der Waals surface area contributed by atoms with Crippen LogP contribution in [0.2, 0.25) is 0 Å². The zero-order valence-electron chi connectivity index (χ0n) is 7.05. The first kappa shape index (κ1) is 10.7. The van der Waals surface area contributed by atoms with Crippen LogP contribution in [0.5, 0.6) is 0 Å². The number of carbonyl (C=O) groups excluding carboxylic acids is 2. The third-order valence-corrected chi connectivity index (χ3v) is 2.24. The molecule has 0 unspecified atom stereocenters. The van der Waals surface area contributed by atoms with Crippen LogP contribution in [-0.4, -0.2) is 16.7 Å². The fraction of sp³-hybridized carbons (Fsp3) is 0.750. The normalized spacial score (nSPS) is 9.64. The summed E-state index contributed by atoms with van der Waals surface area (Å²) in [6.07, 6.45) is 1.99. The van der Waals surface area contributed by atoms with Crippen molar-refractivity contribution < 1.29 is 9.59 Å². The average molecular weight is 174 g/mol.